The summed E-state index contributed by atoms with van der Waals surface area (Å²) in [6, 6.07) is 17.4. The lowest BCUT2D eigenvalue weighted by molar-refractivity contribution is 0.117. The molecule has 1 aliphatic heterocycles. The van der Waals surface area contributed by atoms with Crippen molar-refractivity contribution in [3.05, 3.63) is 70.8 Å². The molecule has 1 aliphatic carbocycles. The van der Waals surface area contributed by atoms with E-state index in [0.29, 0.717) is 5.92 Å². The van der Waals surface area contributed by atoms with E-state index in [1.165, 1.54) is 54.6 Å². The van der Waals surface area contributed by atoms with Gasteiger partial charge in [-0.1, -0.05) is 48.5 Å². The highest BCUT2D eigenvalue weighted by atomic mass is 16.3. The van der Waals surface area contributed by atoms with Crippen molar-refractivity contribution < 1.29 is 5.11 Å². The lowest BCUT2D eigenvalue weighted by atomic mass is 9.88. The number of piperidine rings is 1. The number of aliphatic hydroxyl groups excluding tert-OH is 1. The maximum absolute atomic E-state index is 10.7. The van der Waals surface area contributed by atoms with Crippen LogP contribution in [0.1, 0.15) is 60.0 Å². The first-order valence-corrected chi connectivity index (χ1v) is 10.2. The molecule has 1 fully saturated rings. The van der Waals surface area contributed by atoms with Crippen LogP contribution in [0.2, 0.25) is 0 Å². The molecule has 2 heteroatoms. The first-order chi connectivity index (χ1) is 12.7. The molecular formula is C24H31NO. The molecule has 1 N–H and O–H groups in total. The average Bonchev–Trinajstić information content (AvgIpc) is 2.83. The SMILES string of the molecule is Cc1cccc2c1CC[C@H](CN1CCC(c3ccccc3)CC1)C[C@@H]2O. The summed E-state index contributed by atoms with van der Waals surface area (Å²) in [4.78, 5) is 2.64. The Morgan fingerprint density at radius 2 is 1.73 bits per heavy atom. The Morgan fingerprint density at radius 1 is 0.962 bits per heavy atom. The monoisotopic (exact) mass is 349 g/mol. The largest absolute Gasteiger partial charge is 0.388 e. The Hall–Kier alpha value is -1.64. The van der Waals surface area contributed by atoms with Gasteiger partial charge in [0.2, 0.25) is 0 Å². The van der Waals surface area contributed by atoms with Crippen molar-refractivity contribution in [1.29, 1.82) is 0 Å². The topological polar surface area (TPSA) is 23.5 Å². The molecule has 138 valence electrons. The molecule has 2 aromatic rings. The summed E-state index contributed by atoms with van der Waals surface area (Å²) in [6.07, 6.45) is 5.46. The molecule has 0 aromatic heterocycles. The van der Waals surface area contributed by atoms with Crippen LogP contribution in [0, 0.1) is 12.8 Å². The molecule has 1 saturated heterocycles. The number of rotatable bonds is 3. The molecule has 4 rings (SSSR count). The van der Waals surface area contributed by atoms with Crippen LogP contribution in [-0.4, -0.2) is 29.6 Å². The van der Waals surface area contributed by atoms with Crippen LogP contribution < -0.4 is 0 Å². The fourth-order valence-corrected chi connectivity index (χ4v) is 4.99. The first-order valence-electron chi connectivity index (χ1n) is 10.2. The zero-order valence-electron chi connectivity index (χ0n) is 15.9. The van der Waals surface area contributed by atoms with Crippen molar-refractivity contribution in [2.45, 2.75) is 51.0 Å². The summed E-state index contributed by atoms with van der Waals surface area (Å²) in [5, 5.41) is 10.7. The Labute approximate surface area is 157 Å². The zero-order valence-corrected chi connectivity index (χ0v) is 15.9. The zero-order chi connectivity index (χ0) is 17.9. The predicted octanol–water partition coefficient (Wildman–Crippen LogP) is 4.86. The third kappa shape index (κ3) is 3.87. The molecule has 0 spiro atoms. The highest BCUT2D eigenvalue weighted by molar-refractivity contribution is 5.37. The highest BCUT2D eigenvalue weighted by Crippen LogP contribution is 2.35. The number of hydrogen-bond donors (Lipinski definition) is 1. The molecule has 0 bridgehead atoms. The van der Waals surface area contributed by atoms with Gasteiger partial charge in [0.25, 0.3) is 0 Å². The highest BCUT2D eigenvalue weighted by Gasteiger charge is 2.27. The van der Waals surface area contributed by atoms with E-state index in [4.69, 9.17) is 0 Å². The van der Waals surface area contributed by atoms with Crippen molar-refractivity contribution in [3.8, 4) is 0 Å². The maximum atomic E-state index is 10.7. The normalized spacial score (nSPS) is 24.8. The summed E-state index contributed by atoms with van der Waals surface area (Å²) in [5.41, 5.74) is 5.41. The summed E-state index contributed by atoms with van der Waals surface area (Å²) >= 11 is 0. The van der Waals surface area contributed by atoms with Gasteiger partial charge in [0.05, 0.1) is 6.10 Å². The standard InChI is InChI=1S/C24H31NO/c1-18-6-5-9-23-22(18)11-10-19(16-24(23)26)17-25-14-12-21(13-15-25)20-7-3-2-4-8-20/h2-9,19,21,24,26H,10-17H2,1H3/t19-,24-/m0/s1. The minimum Gasteiger partial charge on any atom is -0.388 e. The third-order valence-electron chi connectivity index (χ3n) is 6.54. The first kappa shape index (κ1) is 17.8. The predicted molar refractivity (Wildman–Crippen MR) is 107 cm³/mol. The minimum absolute atomic E-state index is 0.292. The molecule has 0 unspecified atom stereocenters. The van der Waals surface area contributed by atoms with E-state index in [9.17, 15) is 5.11 Å². The van der Waals surface area contributed by atoms with Gasteiger partial charge >= 0.3 is 0 Å². The molecule has 26 heavy (non-hydrogen) atoms. The Balaban J connectivity index is 1.34. The number of fused-ring (bicyclic) bond motifs is 1. The Kier molecular flexibility index (Phi) is 5.42. The van der Waals surface area contributed by atoms with Crippen LogP contribution in [0.25, 0.3) is 0 Å². The van der Waals surface area contributed by atoms with Gasteiger partial charge in [0, 0.05) is 6.54 Å². The molecule has 2 aromatic carbocycles. The van der Waals surface area contributed by atoms with Gasteiger partial charge in [-0.2, -0.15) is 0 Å². The van der Waals surface area contributed by atoms with E-state index in [1.54, 1.807) is 0 Å². The maximum Gasteiger partial charge on any atom is 0.0795 e. The van der Waals surface area contributed by atoms with E-state index >= 15 is 0 Å². The second kappa shape index (κ2) is 7.94. The van der Waals surface area contributed by atoms with E-state index in [1.807, 2.05) is 0 Å². The summed E-state index contributed by atoms with van der Waals surface area (Å²) in [7, 11) is 0. The van der Waals surface area contributed by atoms with E-state index in [-0.39, 0.29) is 6.10 Å². The van der Waals surface area contributed by atoms with Crippen molar-refractivity contribution in [3.63, 3.8) is 0 Å². The van der Waals surface area contributed by atoms with Gasteiger partial charge in [-0.3, -0.25) is 0 Å². The van der Waals surface area contributed by atoms with E-state index < -0.39 is 0 Å². The van der Waals surface area contributed by atoms with Gasteiger partial charge in [-0.15, -0.1) is 0 Å². The van der Waals surface area contributed by atoms with Gasteiger partial charge in [0.15, 0.2) is 0 Å². The number of nitrogens with zero attached hydrogens (tertiary/aromatic N) is 1. The molecule has 0 amide bonds. The Morgan fingerprint density at radius 3 is 2.50 bits per heavy atom. The average molecular weight is 350 g/mol. The molecule has 2 aliphatic rings. The molecular weight excluding hydrogens is 318 g/mol. The van der Waals surface area contributed by atoms with Crippen LogP contribution in [0.5, 0.6) is 0 Å². The lowest BCUT2D eigenvalue weighted by Crippen LogP contribution is -2.36. The van der Waals surface area contributed by atoms with Gasteiger partial charge in [0.1, 0.15) is 0 Å². The van der Waals surface area contributed by atoms with Gasteiger partial charge < -0.3 is 10.0 Å². The second-order valence-electron chi connectivity index (χ2n) is 8.28. The molecule has 2 atom stereocenters. The fraction of sp³-hybridized carbons (Fsp3) is 0.500. The van der Waals surface area contributed by atoms with Gasteiger partial charge in [-0.05, 0) is 86.2 Å². The van der Waals surface area contributed by atoms with E-state index in [2.05, 4.69) is 60.4 Å². The summed E-state index contributed by atoms with van der Waals surface area (Å²) in [5.74, 6) is 1.32. The van der Waals surface area contributed by atoms with Crippen LogP contribution in [0.4, 0.5) is 0 Å². The molecule has 0 saturated carbocycles. The second-order valence-corrected chi connectivity index (χ2v) is 8.28. The molecule has 0 radical (unpaired) electrons. The van der Waals surface area contributed by atoms with Crippen LogP contribution in [-0.2, 0) is 6.42 Å². The lowest BCUT2D eigenvalue weighted by Gasteiger charge is -2.34. The molecule has 1 heterocycles. The van der Waals surface area contributed by atoms with Crippen LogP contribution in [0.15, 0.2) is 48.5 Å². The minimum atomic E-state index is -0.292. The number of likely N-dealkylation sites (tertiary alicyclic amines) is 1. The van der Waals surface area contributed by atoms with E-state index in [0.717, 1.165) is 25.3 Å². The number of aliphatic hydroxyl groups is 1. The number of benzene rings is 2. The quantitative estimate of drug-likeness (QED) is 0.800. The van der Waals surface area contributed by atoms with Gasteiger partial charge in [-0.25, -0.2) is 0 Å². The fourth-order valence-electron chi connectivity index (χ4n) is 4.99. The summed E-state index contributed by atoms with van der Waals surface area (Å²) in [6.45, 7) is 5.71. The Bertz CT molecular complexity index is 718. The number of hydrogen-bond acceptors (Lipinski definition) is 2. The van der Waals surface area contributed by atoms with Crippen molar-refractivity contribution >= 4 is 0 Å². The van der Waals surface area contributed by atoms with Crippen molar-refractivity contribution in [2.24, 2.45) is 5.92 Å². The number of aryl methyl sites for hydroxylation is 1. The van der Waals surface area contributed by atoms with Crippen molar-refractivity contribution in [1.82, 2.24) is 4.90 Å². The molecule has 2 nitrogen and oxygen atoms in total. The van der Waals surface area contributed by atoms with Crippen LogP contribution >= 0.6 is 0 Å². The smallest absolute Gasteiger partial charge is 0.0795 e. The summed E-state index contributed by atoms with van der Waals surface area (Å²) < 4.78 is 0. The van der Waals surface area contributed by atoms with Crippen molar-refractivity contribution in [2.75, 3.05) is 19.6 Å². The third-order valence-corrected chi connectivity index (χ3v) is 6.54. The van der Waals surface area contributed by atoms with Crippen LogP contribution in [0.3, 0.4) is 0 Å².